The molecule has 19 heavy (non-hydrogen) atoms. The molecule has 0 aliphatic carbocycles. The highest BCUT2D eigenvalue weighted by atomic mass is 16.5. The minimum Gasteiger partial charge on any atom is -0.497 e. The largest absolute Gasteiger partial charge is 0.497 e. The minimum absolute atomic E-state index is 0.837. The van der Waals surface area contributed by atoms with Crippen LogP contribution in [0.3, 0.4) is 0 Å². The standard InChI is InChI=1S/C16H14NO2/c1-18-13-5-3-11(4-6-13)16-10-12-9-14(19-2)7-8-15(12)17-16/h3-9,17H,1-2H3. The number of nitrogens with one attached hydrogen (secondary N) is 1. The molecule has 0 aliphatic heterocycles. The van der Waals surface area contributed by atoms with Crippen molar-refractivity contribution in [2.24, 2.45) is 0 Å². The van der Waals surface area contributed by atoms with Gasteiger partial charge in [0, 0.05) is 17.0 Å². The average molecular weight is 252 g/mol. The number of ether oxygens (including phenoxy) is 2. The van der Waals surface area contributed by atoms with Gasteiger partial charge in [0.25, 0.3) is 0 Å². The highest BCUT2D eigenvalue weighted by Crippen LogP contribution is 2.27. The highest BCUT2D eigenvalue weighted by molar-refractivity contribution is 5.86. The molecule has 2 aromatic carbocycles. The summed E-state index contributed by atoms with van der Waals surface area (Å²) in [4.78, 5) is 3.35. The van der Waals surface area contributed by atoms with E-state index in [1.54, 1.807) is 14.2 Å². The number of aromatic nitrogens is 1. The second-order valence-electron chi connectivity index (χ2n) is 4.27. The van der Waals surface area contributed by atoms with Gasteiger partial charge in [0.05, 0.1) is 19.9 Å². The summed E-state index contributed by atoms with van der Waals surface area (Å²) in [6, 6.07) is 17.2. The van der Waals surface area contributed by atoms with Crippen molar-refractivity contribution in [3.05, 3.63) is 48.5 Å². The molecule has 95 valence electrons. The highest BCUT2D eigenvalue weighted by Gasteiger charge is 2.05. The van der Waals surface area contributed by atoms with Crippen molar-refractivity contribution in [1.29, 1.82) is 0 Å². The number of hydrogen-bond acceptors (Lipinski definition) is 2. The summed E-state index contributed by atoms with van der Waals surface area (Å²) in [6.07, 6.45) is 0. The van der Waals surface area contributed by atoms with Crippen LogP contribution in [-0.2, 0) is 0 Å². The molecule has 3 heteroatoms. The van der Waals surface area contributed by atoms with E-state index < -0.39 is 0 Å². The van der Waals surface area contributed by atoms with E-state index in [0.29, 0.717) is 0 Å². The number of benzene rings is 2. The van der Waals surface area contributed by atoms with Gasteiger partial charge in [-0.25, -0.2) is 0 Å². The molecule has 1 N–H and O–H groups in total. The summed E-state index contributed by atoms with van der Waals surface area (Å²) in [5.74, 6) is 1.69. The fourth-order valence-corrected chi connectivity index (χ4v) is 2.07. The van der Waals surface area contributed by atoms with Crippen LogP contribution >= 0.6 is 0 Å². The van der Waals surface area contributed by atoms with Gasteiger partial charge >= 0.3 is 0 Å². The van der Waals surface area contributed by atoms with Crippen molar-refractivity contribution in [3.63, 3.8) is 0 Å². The molecule has 3 aromatic rings. The van der Waals surface area contributed by atoms with Crippen molar-refractivity contribution >= 4 is 10.9 Å². The molecule has 1 heterocycles. The molecule has 0 fully saturated rings. The Morgan fingerprint density at radius 1 is 0.895 bits per heavy atom. The molecule has 0 bridgehead atoms. The first-order valence-corrected chi connectivity index (χ1v) is 6.03. The van der Waals surface area contributed by atoms with Crippen LogP contribution in [-0.4, -0.2) is 19.2 Å². The zero-order valence-electron chi connectivity index (χ0n) is 10.9. The molecule has 3 rings (SSSR count). The maximum absolute atomic E-state index is 5.22. The Balaban J connectivity index is 2.04. The molecule has 0 saturated carbocycles. The van der Waals surface area contributed by atoms with E-state index in [1.807, 2.05) is 42.5 Å². The molecule has 0 atom stereocenters. The van der Waals surface area contributed by atoms with Crippen LogP contribution in [0.25, 0.3) is 22.2 Å². The molecule has 1 radical (unpaired) electrons. The Bertz CT molecular complexity index is 698. The van der Waals surface area contributed by atoms with E-state index >= 15 is 0 Å². The SMILES string of the molecule is COc1ccc(-c2[c]c3cc(OC)ccc3[nH]2)cc1. The van der Waals surface area contributed by atoms with Crippen molar-refractivity contribution < 1.29 is 9.47 Å². The van der Waals surface area contributed by atoms with E-state index in [4.69, 9.17) is 9.47 Å². The minimum atomic E-state index is 0.837. The van der Waals surface area contributed by atoms with Gasteiger partial charge in [-0.15, -0.1) is 0 Å². The van der Waals surface area contributed by atoms with E-state index in [-0.39, 0.29) is 0 Å². The van der Waals surface area contributed by atoms with Crippen LogP contribution in [0.15, 0.2) is 42.5 Å². The van der Waals surface area contributed by atoms with Crippen LogP contribution in [0.1, 0.15) is 0 Å². The summed E-state index contributed by atoms with van der Waals surface area (Å²) in [5, 5.41) is 1.02. The fourth-order valence-electron chi connectivity index (χ4n) is 2.07. The number of fused-ring (bicyclic) bond motifs is 1. The molecule has 0 saturated heterocycles. The van der Waals surface area contributed by atoms with Gasteiger partial charge in [0.2, 0.25) is 0 Å². The topological polar surface area (TPSA) is 34.2 Å². The molecular formula is C16H14NO2. The zero-order valence-corrected chi connectivity index (χ0v) is 10.9. The van der Waals surface area contributed by atoms with Crippen molar-refractivity contribution in [2.45, 2.75) is 0 Å². The van der Waals surface area contributed by atoms with Gasteiger partial charge in [0.15, 0.2) is 0 Å². The number of aromatic amines is 1. The second kappa shape index (κ2) is 4.69. The number of hydrogen-bond donors (Lipinski definition) is 1. The quantitative estimate of drug-likeness (QED) is 0.772. The predicted octanol–water partition coefficient (Wildman–Crippen LogP) is 3.65. The van der Waals surface area contributed by atoms with Crippen LogP contribution < -0.4 is 9.47 Å². The lowest BCUT2D eigenvalue weighted by Gasteiger charge is -2.00. The van der Waals surface area contributed by atoms with Gasteiger partial charge in [-0.3, -0.25) is 0 Å². The third-order valence-corrected chi connectivity index (χ3v) is 3.12. The maximum atomic E-state index is 5.22. The number of methoxy groups -OCH3 is 2. The summed E-state index contributed by atoms with van der Waals surface area (Å²) >= 11 is 0. The molecule has 0 aliphatic rings. The lowest BCUT2D eigenvalue weighted by Crippen LogP contribution is -1.82. The van der Waals surface area contributed by atoms with E-state index in [2.05, 4.69) is 11.1 Å². The Morgan fingerprint density at radius 2 is 1.58 bits per heavy atom. The van der Waals surface area contributed by atoms with Gasteiger partial charge in [0.1, 0.15) is 11.5 Å². The lowest BCUT2D eigenvalue weighted by atomic mass is 10.1. The Hall–Kier alpha value is -2.42. The van der Waals surface area contributed by atoms with Crippen molar-refractivity contribution in [3.8, 4) is 22.8 Å². The molecule has 0 amide bonds. The second-order valence-corrected chi connectivity index (χ2v) is 4.27. The maximum Gasteiger partial charge on any atom is 0.119 e. The van der Waals surface area contributed by atoms with Gasteiger partial charge in [-0.2, -0.15) is 0 Å². The normalized spacial score (nSPS) is 10.6. The van der Waals surface area contributed by atoms with Crippen LogP contribution in [0.2, 0.25) is 0 Å². The smallest absolute Gasteiger partial charge is 0.119 e. The van der Waals surface area contributed by atoms with Gasteiger partial charge in [-0.1, -0.05) is 0 Å². The van der Waals surface area contributed by atoms with Crippen LogP contribution in [0, 0.1) is 6.07 Å². The summed E-state index contributed by atoms with van der Waals surface area (Å²) in [7, 11) is 3.33. The predicted molar refractivity (Wildman–Crippen MR) is 75.7 cm³/mol. The van der Waals surface area contributed by atoms with Gasteiger partial charge < -0.3 is 14.5 Å². The first-order chi connectivity index (χ1) is 9.30. The van der Waals surface area contributed by atoms with Crippen LogP contribution in [0.5, 0.6) is 11.5 Å². The average Bonchev–Trinajstić information content (AvgIpc) is 2.90. The molecular weight excluding hydrogens is 238 g/mol. The van der Waals surface area contributed by atoms with Crippen molar-refractivity contribution in [1.82, 2.24) is 4.98 Å². The number of rotatable bonds is 3. The fraction of sp³-hybridized carbons (Fsp3) is 0.125. The van der Waals surface area contributed by atoms with E-state index in [9.17, 15) is 0 Å². The van der Waals surface area contributed by atoms with E-state index in [0.717, 1.165) is 33.7 Å². The molecule has 1 aromatic heterocycles. The molecule has 0 spiro atoms. The Kier molecular flexibility index (Phi) is 2.88. The van der Waals surface area contributed by atoms with E-state index in [1.165, 1.54) is 0 Å². The summed E-state index contributed by atoms with van der Waals surface area (Å²) in [5.41, 5.74) is 3.09. The summed E-state index contributed by atoms with van der Waals surface area (Å²) in [6.45, 7) is 0. The van der Waals surface area contributed by atoms with Gasteiger partial charge in [-0.05, 0) is 48.0 Å². The third-order valence-electron chi connectivity index (χ3n) is 3.12. The third kappa shape index (κ3) is 2.15. The first-order valence-electron chi connectivity index (χ1n) is 6.03. The van der Waals surface area contributed by atoms with Crippen LogP contribution in [0.4, 0.5) is 0 Å². The molecule has 3 nitrogen and oxygen atoms in total. The summed E-state index contributed by atoms with van der Waals surface area (Å²) < 4.78 is 10.4. The Labute approximate surface area is 111 Å². The van der Waals surface area contributed by atoms with Crippen molar-refractivity contribution in [2.75, 3.05) is 14.2 Å². The number of H-pyrrole nitrogens is 1. The first kappa shape index (κ1) is 11.7. The molecule has 0 unspecified atom stereocenters. The zero-order chi connectivity index (χ0) is 13.2. The lowest BCUT2D eigenvalue weighted by molar-refractivity contribution is 0.415. The monoisotopic (exact) mass is 252 g/mol. The Morgan fingerprint density at radius 3 is 2.26 bits per heavy atom.